The van der Waals surface area contributed by atoms with Crippen molar-refractivity contribution in [3.63, 3.8) is 0 Å². The summed E-state index contributed by atoms with van der Waals surface area (Å²) in [6.45, 7) is -0.337. The average molecular weight is 279 g/mol. The van der Waals surface area contributed by atoms with Crippen LogP contribution in [0.5, 0.6) is 11.5 Å². The second-order valence-corrected chi connectivity index (χ2v) is 3.94. The van der Waals surface area contributed by atoms with E-state index in [1.165, 1.54) is 32.4 Å². The quantitative estimate of drug-likeness (QED) is 0.860. The van der Waals surface area contributed by atoms with Gasteiger partial charge in [-0.2, -0.15) is 13.2 Å². The van der Waals surface area contributed by atoms with Crippen molar-refractivity contribution in [1.29, 1.82) is 0 Å². The highest BCUT2D eigenvalue weighted by atomic mass is 19.4. The van der Waals surface area contributed by atoms with Crippen molar-refractivity contribution in [1.82, 2.24) is 0 Å². The predicted molar refractivity (Wildman–Crippen MR) is 63.4 cm³/mol. The summed E-state index contributed by atoms with van der Waals surface area (Å²) < 4.78 is 47.6. The number of alkyl halides is 3. The molecule has 108 valence electrons. The van der Waals surface area contributed by atoms with Crippen molar-refractivity contribution in [2.24, 2.45) is 5.73 Å². The van der Waals surface area contributed by atoms with Crippen molar-refractivity contribution in [2.45, 2.75) is 18.2 Å². The molecule has 3 N–H and O–H groups in total. The summed E-state index contributed by atoms with van der Waals surface area (Å²) in [5.41, 5.74) is 5.57. The Balaban J connectivity index is 3.12. The smallest absolute Gasteiger partial charge is 0.414 e. The molecule has 4 nitrogen and oxygen atoms in total. The standard InChI is InChI=1S/C12H16F3NO3/c1-18-9-4-3-7(5-10(9)19-2)8(6-16)11(17)12(13,14)15/h3-5,8,11,17H,6,16H2,1-2H3. The fraction of sp³-hybridized carbons (Fsp3) is 0.500. The number of ether oxygens (including phenoxy) is 2. The summed E-state index contributed by atoms with van der Waals surface area (Å²) in [6, 6.07) is 4.28. The Kier molecular flexibility index (Phi) is 5.02. The first-order valence-corrected chi connectivity index (χ1v) is 5.52. The largest absolute Gasteiger partial charge is 0.493 e. The molecule has 0 aliphatic heterocycles. The number of methoxy groups -OCH3 is 2. The molecule has 0 bridgehead atoms. The minimum absolute atomic E-state index is 0.241. The van der Waals surface area contributed by atoms with Gasteiger partial charge in [0.15, 0.2) is 17.6 Å². The number of aliphatic hydroxyl groups excluding tert-OH is 1. The summed E-state index contributed by atoms with van der Waals surface area (Å²) in [5.74, 6) is -0.573. The van der Waals surface area contributed by atoms with Crippen LogP contribution in [0, 0.1) is 0 Å². The van der Waals surface area contributed by atoms with Crippen molar-refractivity contribution in [3.8, 4) is 11.5 Å². The van der Waals surface area contributed by atoms with E-state index in [1.54, 1.807) is 0 Å². The van der Waals surface area contributed by atoms with Gasteiger partial charge in [-0.25, -0.2) is 0 Å². The van der Waals surface area contributed by atoms with Crippen LogP contribution >= 0.6 is 0 Å². The normalized spacial score (nSPS) is 14.9. The van der Waals surface area contributed by atoms with Gasteiger partial charge < -0.3 is 20.3 Å². The summed E-state index contributed by atoms with van der Waals surface area (Å²) in [6.07, 6.45) is -7.24. The molecule has 2 unspecified atom stereocenters. The summed E-state index contributed by atoms with van der Waals surface area (Å²) in [5, 5.41) is 9.31. The number of aliphatic hydroxyl groups is 1. The second-order valence-electron chi connectivity index (χ2n) is 3.94. The third kappa shape index (κ3) is 3.51. The maximum absolute atomic E-state index is 12.5. The van der Waals surface area contributed by atoms with E-state index in [4.69, 9.17) is 15.2 Å². The molecule has 1 rings (SSSR count). The van der Waals surface area contributed by atoms with Crippen LogP contribution in [0.3, 0.4) is 0 Å². The van der Waals surface area contributed by atoms with Gasteiger partial charge in [-0.05, 0) is 17.7 Å². The van der Waals surface area contributed by atoms with Gasteiger partial charge in [0.2, 0.25) is 0 Å². The topological polar surface area (TPSA) is 64.7 Å². The molecule has 0 saturated heterocycles. The van der Waals surface area contributed by atoms with Crippen molar-refractivity contribution < 1.29 is 27.8 Å². The van der Waals surface area contributed by atoms with E-state index >= 15 is 0 Å². The van der Waals surface area contributed by atoms with Crippen LogP contribution in [-0.2, 0) is 0 Å². The van der Waals surface area contributed by atoms with E-state index < -0.39 is 18.2 Å². The molecular weight excluding hydrogens is 263 g/mol. The lowest BCUT2D eigenvalue weighted by molar-refractivity contribution is -0.209. The summed E-state index contributed by atoms with van der Waals surface area (Å²) in [4.78, 5) is 0. The molecule has 0 heterocycles. The number of nitrogens with two attached hydrogens (primary N) is 1. The molecule has 0 spiro atoms. The third-order valence-electron chi connectivity index (χ3n) is 2.81. The zero-order valence-electron chi connectivity index (χ0n) is 10.6. The van der Waals surface area contributed by atoms with Gasteiger partial charge in [0.1, 0.15) is 0 Å². The molecule has 0 aliphatic carbocycles. The lowest BCUT2D eigenvalue weighted by atomic mass is 9.92. The number of rotatable bonds is 5. The number of hydrogen-bond donors (Lipinski definition) is 2. The molecular formula is C12H16F3NO3. The fourth-order valence-corrected chi connectivity index (χ4v) is 1.76. The molecule has 0 radical (unpaired) electrons. The molecule has 19 heavy (non-hydrogen) atoms. The molecule has 0 aliphatic rings. The molecule has 0 fully saturated rings. The van der Waals surface area contributed by atoms with Crippen LogP contribution in [0.25, 0.3) is 0 Å². The molecule has 0 amide bonds. The van der Waals surface area contributed by atoms with E-state index in [0.29, 0.717) is 5.75 Å². The van der Waals surface area contributed by atoms with E-state index in [0.717, 1.165) is 0 Å². The molecule has 1 aromatic carbocycles. The van der Waals surface area contributed by atoms with Gasteiger partial charge >= 0.3 is 6.18 Å². The lowest BCUT2D eigenvalue weighted by Crippen LogP contribution is -2.38. The first kappa shape index (κ1) is 15.6. The van der Waals surface area contributed by atoms with Crippen LogP contribution in [0.15, 0.2) is 18.2 Å². The molecule has 2 atom stereocenters. The van der Waals surface area contributed by atoms with Gasteiger partial charge in [0.25, 0.3) is 0 Å². The number of hydrogen-bond acceptors (Lipinski definition) is 4. The number of benzene rings is 1. The molecule has 1 aromatic rings. The van der Waals surface area contributed by atoms with Crippen LogP contribution in [-0.4, -0.2) is 38.2 Å². The SMILES string of the molecule is COc1ccc(C(CN)C(O)C(F)(F)F)cc1OC. The fourth-order valence-electron chi connectivity index (χ4n) is 1.76. The van der Waals surface area contributed by atoms with Gasteiger partial charge in [0.05, 0.1) is 14.2 Å². The predicted octanol–water partition coefficient (Wildman–Crippen LogP) is 1.67. The summed E-state index contributed by atoms with van der Waals surface area (Å²) in [7, 11) is 2.79. The Bertz CT molecular complexity index is 423. The van der Waals surface area contributed by atoms with E-state index in [1.807, 2.05) is 0 Å². The maximum Gasteiger partial charge on any atom is 0.414 e. The monoisotopic (exact) mass is 279 g/mol. The number of halogens is 3. The van der Waals surface area contributed by atoms with E-state index in [9.17, 15) is 18.3 Å². The van der Waals surface area contributed by atoms with Crippen LogP contribution < -0.4 is 15.2 Å². The summed E-state index contributed by atoms with van der Waals surface area (Å²) >= 11 is 0. The van der Waals surface area contributed by atoms with Gasteiger partial charge in [-0.15, -0.1) is 0 Å². The minimum atomic E-state index is -4.73. The highest BCUT2D eigenvalue weighted by Gasteiger charge is 2.43. The zero-order chi connectivity index (χ0) is 14.6. The Morgan fingerprint density at radius 3 is 2.21 bits per heavy atom. The molecule has 0 aromatic heterocycles. The van der Waals surface area contributed by atoms with Gasteiger partial charge in [-0.1, -0.05) is 6.07 Å². The molecule has 7 heteroatoms. The Labute approximate surface area is 108 Å². The van der Waals surface area contributed by atoms with E-state index in [-0.39, 0.29) is 17.9 Å². The Morgan fingerprint density at radius 1 is 1.21 bits per heavy atom. The average Bonchev–Trinajstić information content (AvgIpc) is 2.38. The van der Waals surface area contributed by atoms with Crippen molar-refractivity contribution in [2.75, 3.05) is 20.8 Å². The first-order valence-electron chi connectivity index (χ1n) is 5.52. The van der Waals surface area contributed by atoms with Gasteiger partial charge in [0, 0.05) is 12.5 Å². The van der Waals surface area contributed by atoms with Crippen LogP contribution in [0.1, 0.15) is 11.5 Å². The molecule has 0 saturated carbocycles. The van der Waals surface area contributed by atoms with Crippen LogP contribution in [0.4, 0.5) is 13.2 Å². The second kappa shape index (κ2) is 6.12. The minimum Gasteiger partial charge on any atom is -0.493 e. The maximum atomic E-state index is 12.5. The first-order chi connectivity index (χ1) is 8.85. The highest BCUT2D eigenvalue weighted by Crippen LogP contribution is 2.35. The lowest BCUT2D eigenvalue weighted by Gasteiger charge is -2.24. The Morgan fingerprint density at radius 2 is 1.79 bits per heavy atom. The Hall–Kier alpha value is -1.47. The van der Waals surface area contributed by atoms with Crippen LogP contribution in [0.2, 0.25) is 0 Å². The third-order valence-corrected chi connectivity index (χ3v) is 2.81. The van der Waals surface area contributed by atoms with Crippen molar-refractivity contribution >= 4 is 0 Å². The van der Waals surface area contributed by atoms with E-state index in [2.05, 4.69) is 0 Å². The highest BCUT2D eigenvalue weighted by molar-refractivity contribution is 5.44. The van der Waals surface area contributed by atoms with Crippen molar-refractivity contribution in [3.05, 3.63) is 23.8 Å². The van der Waals surface area contributed by atoms with Gasteiger partial charge in [-0.3, -0.25) is 0 Å². The zero-order valence-corrected chi connectivity index (χ0v) is 10.6.